The molecule has 0 radical (unpaired) electrons. The molecule has 0 aliphatic carbocycles. The lowest BCUT2D eigenvalue weighted by Crippen LogP contribution is -2.42. The molecule has 2 atom stereocenters. The summed E-state index contributed by atoms with van der Waals surface area (Å²) >= 11 is 0. The molecule has 0 aromatic carbocycles. The first kappa shape index (κ1) is 14.5. The van der Waals surface area contributed by atoms with Gasteiger partial charge in [0.15, 0.2) is 0 Å². The fourth-order valence-corrected chi connectivity index (χ4v) is 2.44. The molecule has 0 bridgehead atoms. The highest BCUT2D eigenvalue weighted by atomic mass is 16.4. The predicted molar refractivity (Wildman–Crippen MR) is 69.2 cm³/mol. The first-order valence-electron chi connectivity index (χ1n) is 6.70. The van der Waals surface area contributed by atoms with Crippen LogP contribution < -0.4 is 0 Å². The Bertz CT molecular complexity index is 246. The number of likely N-dealkylation sites (N-methyl/N-ethyl adjacent to an activating group) is 1. The largest absolute Gasteiger partial charge is 0.481 e. The Hall–Kier alpha value is -0.610. The van der Waals surface area contributed by atoms with Crippen LogP contribution in [-0.4, -0.2) is 59.6 Å². The van der Waals surface area contributed by atoms with E-state index in [1.165, 1.54) is 12.8 Å². The van der Waals surface area contributed by atoms with Gasteiger partial charge in [-0.3, -0.25) is 9.69 Å². The Labute approximate surface area is 105 Å². The fraction of sp³-hybridized carbons (Fsp3) is 0.923. The smallest absolute Gasteiger partial charge is 0.304 e. The molecule has 0 aromatic rings. The van der Waals surface area contributed by atoms with Gasteiger partial charge in [0.05, 0.1) is 6.42 Å². The first-order chi connectivity index (χ1) is 8.04. The van der Waals surface area contributed by atoms with Crippen LogP contribution in [0.1, 0.15) is 39.5 Å². The van der Waals surface area contributed by atoms with Crippen molar-refractivity contribution in [2.75, 3.05) is 26.7 Å². The van der Waals surface area contributed by atoms with E-state index in [-0.39, 0.29) is 12.5 Å². The summed E-state index contributed by atoms with van der Waals surface area (Å²) in [5.74, 6) is -0.688. The number of carboxylic acids is 1. The van der Waals surface area contributed by atoms with E-state index in [1.807, 2.05) is 7.05 Å². The number of hydrogen-bond donors (Lipinski definition) is 1. The van der Waals surface area contributed by atoms with Crippen molar-refractivity contribution in [2.24, 2.45) is 0 Å². The highest BCUT2D eigenvalue weighted by Crippen LogP contribution is 2.16. The lowest BCUT2D eigenvalue weighted by atomic mass is 10.1. The van der Waals surface area contributed by atoms with Crippen LogP contribution in [0.3, 0.4) is 0 Å². The summed E-state index contributed by atoms with van der Waals surface area (Å²) in [5, 5.41) is 8.96. The lowest BCUT2D eigenvalue weighted by Gasteiger charge is -2.30. The summed E-state index contributed by atoms with van der Waals surface area (Å²) in [7, 11) is 2.05. The van der Waals surface area contributed by atoms with Crippen molar-refractivity contribution >= 4 is 5.97 Å². The van der Waals surface area contributed by atoms with Crippen LogP contribution in [-0.2, 0) is 4.79 Å². The van der Waals surface area contributed by atoms with Gasteiger partial charge in [-0.15, -0.1) is 0 Å². The van der Waals surface area contributed by atoms with Gasteiger partial charge in [-0.25, -0.2) is 0 Å². The molecule has 4 heteroatoms. The molecule has 17 heavy (non-hydrogen) atoms. The minimum Gasteiger partial charge on any atom is -0.481 e. The lowest BCUT2D eigenvalue weighted by molar-refractivity contribution is -0.138. The highest BCUT2D eigenvalue weighted by molar-refractivity contribution is 5.67. The van der Waals surface area contributed by atoms with E-state index in [0.29, 0.717) is 6.04 Å². The molecule has 100 valence electrons. The van der Waals surface area contributed by atoms with Crippen LogP contribution in [0, 0.1) is 0 Å². The van der Waals surface area contributed by atoms with Crippen molar-refractivity contribution in [3.63, 3.8) is 0 Å². The van der Waals surface area contributed by atoms with E-state index in [9.17, 15) is 4.79 Å². The molecule has 1 rings (SSSR count). The molecule has 0 saturated carbocycles. The van der Waals surface area contributed by atoms with Gasteiger partial charge in [-0.2, -0.15) is 0 Å². The second-order valence-corrected chi connectivity index (χ2v) is 5.22. The van der Waals surface area contributed by atoms with E-state index < -0.39 is 5.97 Å². The number of carbonyl (C=O) groups is 1. The second kappa shape index (κ2) is 6.97. The minimum absolute atomic E-state index is 0.161. The van der Waals surface area contributed by atoms with Crippen molar-refractivity contribution in [1.29, 1.82) is 0 Å². The average molecular weight is 242 g/mol. The number of rotatable bonds is 5. The standard InChI is InChI=1S/C13H26N2O2/c1-4-5-7-15-10-12(9-13(16)17)14(3)8-6-11(15)2/h11-12H,4-10H2,1-3H3,(H,16,17). The molecular formula is C13H26N2O2. The summed E-state index contributed by atoms with van der Waals surface area (Å²) in [6.07, 6.45) is 3.79. The summed E-state index contributed by atoms with van der Waals surface area (Å²) in [6, 6.07) is 0.733. The van der Waals surface area contributed by atoms with E-state index in [2.05, 4.69) is 23.6 Å². The van der Waals surface area contributed by atoms with Crippen molar-refractivity contribution in [2.45, 2.75) is 51.6 Å². The van der Waals surface area contributed by atoms with Crippen LogP contribution in [0.15, 0.2) is 0 Å². The van der Waals surface area contributed by atoms with Crippen molar-refractivity contribution in [3.8, 4) is 0 Å². The van der Waals surface area contributed by atoms with Crippen LogP contribution in [0.4, 0.5) is 0 Å². The number of hydrogen-bond acceptors (Lipinski definition) is 3. The van der Waals surface area contributed by atoms with Gasteiger partial charge in [0.25, 0.3) is 0 Å². The topological polar surface area (TPSA) is 43.8 Å². The maximum Gasteiger partial charge on any atom is 0.304 e. The molecule has 1 aliphatic heterocycles. The molecule has 2 unspecified atom stereocenters. The van der Waals surface area contributed by atoms with Gasteiger partial charge in [-0.05, 0) is 39.9 Å². The second-order valence-electron chi connectivity index (χ2n) is 5.22. The number of aliphatic carboxylic acids is 1. The maximum absolute atomic E-state index is 10.9. The summed E-state index contributed by atoms with van der Waals surface area (Å²) < 4.78 is 0. The van der Waals surface area contributed by atoms with Gasteiger partial charge in [0.1, 0.15) is 0 Å². The molecule has 1 aliphatic rings. The number of nitrogens with zero attached hydrogens (tertiary/aromatic N) is 2. The van der Waals surface area contributed by atoms with Crippen molar-refractivity contribution in [1.82, 2.24) is 9.80 Å². The maximum atomic E-state index is 10.9. The Morgan fingerprint density at radius 1 is 1.47 bits per heavy atom. The van der Waals surface area contributed by atoms with Gasteiger partial charge in [-0.1, -0.05) is 13.3 Å². The normalized spacial score (nSPS) is 27.9. The number of unbranched alkanes of at least 4 members (excludes halogenated alkanes) is 1. The monoisotopic (exact) mass is 242 g/mol. The fourth-order valence-electron chi connectivity index (χ4n) is 2.44. The molecule has 0 amide bonds. The molecule has 1 saturated heterocycles. The van der Waals surface area contributed by atoms with Gasteiger partial charge in [0.2, 0.25) is 0 Å². The predicted octanol–water partition coefficient (Wildman–Crippen LogP) is 1.66. The number of carboxylic acid groups (broad SMARTS) is 1. The van der Waals surface area contributed by atoms with Gasteiger partial charge >= 0.3 is 5.97 Å². The van der Waals surface area contributed by atoms with E-state index in [0.717, 1.165) is 26.1 Å². The molecule has 1 fully saturated rings. The van der Waals surface area contributed by atoms with Gasteiger partial charge in [0, 0.05) is 18.6 Å². The van der Waals surface area contributed by atoms with E-state index in [4.69, 9.17) is 5.11 Å². The third-order valence-electron chi connectivity index (χ3n) is 3.80. The summed E-state index contributed by atoms with van der Waals surface area (Å²) in [5.41, 5.74) is 0. The van der Waals surface area contributed by atoms with E-state index >= 15 is 0 Å². The van der Waals surface area contributed by atoms with Crippen LogP contribution >= 0.6 is 0 Å². The van der Waals surface area contributed by atoms with E-state index in [1.54, 1.807) is 0 Å². The average Bonchev–Trinajstić information content (AvgIpc) is 2.39. The summed E-state index contributed by atoms with van der Waals surface area (Å²) in [4.78, 5) is 15.5. The quantitative estimate of drug-likeness (QED) is 0.796. The molecule has 1 N–H and O–H groups in total. The Balaban J connectivity index is 2.60. The van der Waals surface area contributed by atoms with Crippen LogP contribution in [0.2, 0.25) is 0 Å². The highest BCUT2D eigenvalue weighted by Gasteiger charge is 2.27. The third-order valence-corrected chi connectivity index (χ3v) is 3.80. The zero-order valence-electron chi connectivity index (χ0n) is 11.4. The Morgan fingerprint density at radius 3 is 2.76 bits per heavy atom. The van der Waals surface area contributed by atoms with Crippen molar-refractivity contribution in [3.05, 3.63) is 0 Å². The SMILES string of the molecule is CCCCN1CC(CC(=O)O)N(C)CCC1C. The van der Waals surface area contributed by atoms with Gasteiger partial charge < -0.3 is 10.0 Å². The zero-order valence-corrected chi connectivity index (χ0v) is 11.4. The van der Waals surface area contributed by atoms with Crippen molar-refractivity contribution < 1.29 is 9.90 Å². The first-order valence-corrected chi connectivity index (χ1v) is 6.70. The molecule has 4 nitrogen and oxygen atoms in total. The minimum atomic E-state index is -0.688. The Kier molecular flexibility index (Phi) is 5.92. The molecule has 0 aromatic heterocycles. The van der Waals surface area contributed by atoms with Crippen LogP contribution in [0.5, 0.6) is 0 Å². The summed E-state index contributed by atoms with van der Waals surface area (Å²) in [6.45, 7) is 7.45. The third kappa shape index (κ3) is 4.64. The zero-order chi connectivity index (χ0) is 12.8. The molecule has 0 spiro atoms. The molecule has 1 heterocycles. The molecular weight excluding hydrogens is 216 g/mol. The Morgan fingerprint density at radius 2 is 2.18 bits per heavy atom. The van der Waals surface area contributed by atoms with Crippen LogP contribution in [0.25, 0.3) is 0 Å².